The maximum atomic E-state index is 13.3. The summed E-state index contributed by atoms with van der Waals surface area (Å²) in [4.78, 5) is 19.1. The monoisotopic (exact) mass is 390 g/mol. The van der Waals surface area contributed by atoms with E-state index in [0.717, 1.165) is 38.4 Å². The molecule has 0 aliphatic heterocycles. The number of para-hydroxylation sites is 1. The van der Waals surface area contributed by atoms with Crippen LogP contribution >= 0.6 is 11.3 Å². The average Bonchev–Trinajstić information content (AvgIpc) is 3.33. The lowest BCUT2D eigenvalue weighted by Crippen LogP contribution is -2.15. The van der Waals surface area contributed by atoms with Crippen LogP contribution in [0.25, 0.3) is 21.6 Å². The van der Waals surface area contributed by atoms with Gasteiger partial charge in [0.15, 0.2) is 5.65 Å². The normalized spacial score (nSPS) is 11.3. The van der Waals surface area contributed by atoms with Gasteiger partial charge in [0.25, 0.3) is 5.91 Å². The molecule has 28 heavy (non-hydrogen) atoms. The molecule has 1 aromatic carbocycles. The minimum atomic E-state index is -0.147. The van der Waals surface area contributed by atoms with Crippen molar-refractivity contribution in [2.24, 2.45) is 0 Å². The summed E-state index contributed by atoms with van der Waals surface area (Å²) in [6.45, 7) is 8.11. The van der Waals surface area contributed by atoms with Crippen LogP contribution in [-0.2, 0) is 0 Å². The van der Waals surface area contributed by atoms with Crippen molar-refractivity contribution < 1.29 is 4.79 Å². The summed E-state index contributed by atoms with van der Waals surface area (Å²) in [6, 6.07) is 12.0. The molecule has 0 aliphatic rings. The largest absolute Gasteiger partial charge is 0.321 e. The number of aryl methyl sites for hydroxylation is 2. The Hall–Kier alpha value is -2.99. The van der Waals surface area contributed by atoms with Gasteiger partial charge in [0.2, 0.25) is 0 Å². The predicted molar refractivity (Wildman–Crippen MR) is 115 cm³/mol. The summed E-state index contributed by atoms with van der Waals surface area (Å²) in [7, 11) is 0. The number of benzene rings is 1. The summed E-state index contributed by atoms with van der Waals surface area (Å²) >= 11 is 1.61. The average molecular weight is 391 g/mol. The van der Waals surface area contributed by atoms with Gasteiger partial charge in [0.1, 0.15) is 0 Å². The molecule has 1 amide bonds. The van der Waals surface area contributed by atoms with Gasteiger partial charge in [-0.25, -0.2) is 9.67 Å². The van der Waals surface area contributed by atoms with Gasteiger partial charge in [0, 0.05) is 11.7 Å². The first-order chi connectivity index (χ1) is 13.5. The summed E-state index contributed by atoms with van der Waals surface area (Å²) in [5.74, 6) is -0.147. The number of aromatic nitrogens is 3. The highest BCUT2D eigenvalue weighted by Gasteiger charge is 2.19. The van der Waals surface area contributed by atoms with Crippen LogP contribution in [0.3, 0.4) is 0 Å². The maximum absolute atomic E-state index is 13.3. The van der Waals surface area contributed by atoms with Gasteiger partial charge in [-0.05, 0) is 56.3 Å². The van der Waals surface area contributed by atoms with E-state index in [1.54, 1.807) is 17.5 Å². The van der Waals surface area contributed by atoms with Crippen LogP contribution in [0.4, 0.5) is 5.69 Å². The Kier molecular flexibility index (Phi) is 4.73. The molecular weight excluding hydrogens is 368 g/mol. The van der Waals surface area contributed by atoms with Crippen molar-refractivity contribution in [1.29, 1.82) is 0 Å². The molecule has 0 radical (unpaired) electrons. The number of rotatable bonds is 4. The highest BCUT2D eigenvalue weighted by Crippen LogP contribution is 2.30. The van der Waals surface area contributed by atoms with Gasteiger partial charge >= 0.3 is 0 Å². The number of carbonyl (C=O) groups excluding carboxylic acids is 1. The van der Waals surface area contributed by atoms with Crippen LogP contribution in [0, 0.1) is 13.8 Å². The molecule has 1 N–H and O–H groups in total. The Morgan fingerprint density at radius 1 is 1.14 bits per heavy atom. The lowest BCUT2D eigenvalue weighted by atomic mass is 10.1. The Morgan fingerprint density at radius 3 is 2.54 bits per heavy atom. The van der Waals surface area contributed by atoms with Crippen molar-refractivity contribution in [2.75, 3.05) is 5.32 Å². The van der Waals surface area contributed by atoms with Crippen molar-refractivity contribution in [3.63, 3.8) is 0 Å². The fourth-order valence-corrected chi connectivity index (χ4v) is 4.01. The minimum absolute atomic E-state index is 0.147. The summed E-state index contributed by atoms with van der Waals surface area (Å²) in [6.07, 6.45) is 1.74. The molecule has 0 aliphatic carbocycles. The molecule has 3 heterocycles. The zero-order valence-electron chi connectivity index (χ0n) is 16.4. The second-order valence-electron chi connectivity index (χ2n) is 7.17. The molecule has 6 heteroatoms. The van der Waals surface area contributed by atoms with Crippen molar-refractivity contribution in [1.82, 2.24) is 14.8 Å². The number of fused-ring (bicyclic) bond motifs is 1. The predicted octanol–water partition coefficient (Wildman–Crippen LogP) is 5.61. The molecule has 0 fully saturated rings. The Labute approximate surface area is 168 Å². The number of nitrogens with zero attached hydrogens (tertiary/aromatic N) is 3. The topological polar surface area (TPSA) is 59.8 Å². The van der Waals surface area contributed by atoms with E-state index < -0.39 is 0 Å². The molecule has 0 bridgehead atoms. The smallest absolute Gasteiger partial charge is 0.256 e. The van der Waals surface area contributed by atoms with Crippen LogP contribution in [0.15, 0.2) is 48.0 Å². The maximum Gasteiger partial charge on any atom is 0.256 e. The molecule has 3 aromatic heterocycles. The van der Waals surface area contributed by atoms with Gasteiger partial charge in [-0.3, -0.25) is 4.79 Å². The van der Waals surface area contributed by atoms with Crippen LogP contribution < -0.4 is 5.32 Å². The molecule has 0 unspecified atom stereocenters. The van der Waals surface area contributed by atoms with E-state index in [9.17, 15) is 4.79 Å². The molecule has 0 atom stereocenters. The number of nitrogens with one attached hydrogen (secondary N) is 1. The Morgan fingerprint density at radius 2 is 1.89 bits per heavy atom. The molecule has 142 valence electrons. The van der Waals surface area contributed by atoms with E-state index in [1.165, 1.54) is 0 Å². The van der Waals surface area contributed by atoms with Crippen LogP contribution in [0.2, 0.25) is 0 Å². The van der Waals surface area contributed by atoms with E-state index in [4.69, 9.17) is 4.98 Å². The van der Waals surface area contributed by atoms with Crippen molar-refractivity contribution in [2.45, 2.75) is 33.7 Å². The van der Waals surface area contributed by atoms with Crippen molar-refractivity contribution in [3.05, 3.63) is 64.7 Å². The van der Waals surface area contributed by atoms with Crippen molar-refractivity contribution >= 4 is 34.0 Å². The third-order valence-corrected chi connectivity index (χ3v) is 5.69. The van der Waals surface area contributed by atoms with Gasteiger partial charge in [0.05, 0.1) is 27.7 Å². The zero-order chi connectivity index (χ0) is 19.8. The molecule has 5 nitrogen and oxygen atoms in total. The van der Waals surface area contributed by atoms with E-state index in [1.807, 2.05) is 60.3 Å². The SMILES string of the molecule is Cc1cccc(C)c1NC(=O)c1cc(-c2cccs2)nc2c1cnn2C(C)C. The van der Waals surface area contributed by atoms with Gasteiger partial charge in [-0.2, -0.15) is 5.10 Å². The van der Waals surface area contributed by atoms with E-state index in [2.05, 4.69) is 24.3 Å². The molecular formula is C22H22N4OS. The summed E-state index contributed by atoms with van der Waals surface area (Å²) in [5.41, 5.74) is 5.03. The molecule has 4 rings (SSSR count). The van der Waals surface area contributed by atoms with E-state index >= 15 is 0 Å². The van der Waals surface area contributed by atoms with E-state index in [-0.39, 0.29) is 11.9 Å². The summed E-state index contributed by atoms with van der Waals surface area (Å²) < 4.78 is 1.86. The number of pyridine rings is 1. The Balaban J connectivity index is 1.86. The van der Waals surface area contributed by atoms with Crippen LogP contribution in [0.5, 0.6) is 0 Å². The van der Waals surface area contributed by atoms with Gasteiger partial charge in [-0.15, -0.1) is 11.3 Å². The fourth-order valence-electron chi connectivity index (χ4n) is 3.33. The highest BCUT2D eigenvalue weighted by molar-refractivity contribution is 7.13. The molecule has 0 saturated heterocycles. The van der Waals surface area contributed by atoms with Gasteiger partial charge in [-0.1, -0.05) is 24.3 Å². The van der Waals surface area contributed by atoms with E-state index in [0.29, 0.717) is 5.56 Å². The van der Waals surface area contributed by atoms with Crippen LogP contribution in [0.1, 0.15) is 41.4 Å². The third kappa shape index (κ3) is 3.20. The standard InChI is InChI=1S/C22H22N4OS/c1-13(2)26-21-17(12-23-26)16(11-18(24-21)19-9-6-10-28-19)22(27)25-20-14(3)7-5-8-15(20)4/h5-13H,1-4H3,(H,25,27). The van der Waals surface area contributed by atoms with Crippen LogP contribution in [-0.4, -0.2) is 20.7 Å². The van der Waals surface area contributed by atoms with Gasteiger partial charge < -0.3 is 5.32 Å². The van der Waals surface area contributed by atoms with Crippen molar-refractivity contribution in [3.8, 4) is 10.6 Å². The first kappa shape index (κ1) is 18.4. The fraction of sp³-hybridized carbons (Fsp3) is 0.227. The first-order valence-corrected chi connectivity index (χ1v) is 10.1. The molecule has 0 spiro atoms. The second-order valence-corrected chi connectivity index (χ2v) is 8.12. The lowest BCUT2D eigenvalue weighted by Gasteiger charge is -2.13. The second kappa shape index (κ2) is 7.20. The number of anilines is 1. The summed E-state index contributed by atoms with van der Waals surface area (Å²) in [5, 5.41) is 10.4. The Bertz CT molecular complexity index is 1140. The lowest BCUT2D eigenvalue weighted by molar-refractivity contribution is 0.102. The zero-order valence-corrected chi connectivity index (χ0v) is 17.2. The number of amides is 1. The number of thiophene rings is 1. The molecule has 4 aromatic rings. The quantitative estimate of drug-likeness (QED) is 0.493. The number of hydrogen-bond acceptors (Lipinski definition) is 4. The number of carbonyl (C=O) groups is 1. The number of hydrogen-bond donors (Lipinski definition) is 1. The first-order valence-electron chi connectivity index (χ1n) is 9.25. The molecule has 0 saturated carbocycles. The highest BCUT2D eigenvalue weighted by atomic mass is 32.1. The third-order valence-electron chi connectivity index (χ3n) is 4.79. The minimum Gasteiger partial charge on any atom is -0.321 e.